The van der Waals surface area contributed by atoms with Crippen LogP contribution >= 0.6 is 0 Å². The molecule has 0 unspecified atom stereocenters. The van der Waals surface area contributed by atoms with Crippen molar-refractivity contribution in [3.63, 3.8) is 0 Å². The molecule has 0 atom stereocenters. The topological polar surface area (TPSA) is 101 Å². The van der Waals surface area contributed by atoms with Crippen LogP contribution in [0.1, 0.15) is 74.9 Å². The Labute approximate surface area is 236 Å². The molecule has 3 aromatic rings. The fourth-order valence-corrected chi connectivity index (χ4v) is 4.69. The van der Waals surface area contributed by atoms with Gasteiger partial charge in [-0.25, -0.2) is 4.79 Å². The molecule has 3 N–H and O–H groups in total. The van der Waals surface area contributed by atoms with Crippen LogP contribution in [-0.2, 0) is 6.42 Å². The zero-order chi connectivity index (χ0) is 29.3. The van der Waals surface area contributed by atoms with Crippen molar-refractivity contribution in [3.8, 4) is 11.5 Å². The average molecular weight is 547 g/mol. The van der Waals surface area contributed by atoms with Crippen molar-refractivity contribution in [3.05, 3.63) is 87.8 Å². The van der Waals surface area contributed by atoms with Crippen molar-refractivity contribution < 1.29 is 19.1 Å². The van der Waals surface area contributed by atoms with Gasteiger partial charge in [0.2, 0.25) is 0 Å². The Bertz CT molecular complexity index is 1430. The Morgan fingerprint density at radius 1 is 1.15 bits per heavy atom. The number of rotatable bonds is 14. The number of hydrogen-bond donors (Lipinski definition) is 3. The number of allylic oxidation sites excluding steroid dienone is 2. The van der Waals surface area contributed by atoms with Gasteiger partial charge in [-0.15, -0.1) is 6.58 Å². The third kappa shape index (κ3) is 7.63. The predicted octanol–water partition coefficient (Wildman–Crippen LogP) is 7.06. The van der Waals surface area contributed by atoms with Crippen molar-refractivity contribution in [1.82, 2.24) is 5.32 Å². The summed E-state index contributed by atoms with van der Waals surface area (Å²) in [5.74, 6) is 0.314. The number of aromatic hydroxyl groups is 1. The molecular weight excluding hydrogens is 504 g/mol. The highest BCUT2D eigenvalue weighted by molar-refractivity contribution is 6.05. The Morgan fingerprint density at radius 2 is 1.90 bits per heavy atom. The molecule has 0 aliphatic rings. The monoisotopic (exact) mass is 546 g/mol. The highest BCUT2D eigenvalue weighted by Gasteiger charge is 2.23. The largest absolute Gasteiger partial charge is 0.508 e. The maximum absolute atomic E-state index is 12.9. The number of nitrogens with one attached hydrogen (secondary N) is 2. The third-order valence-electron chi connectivity index (χ3n) is 7.39. The lowest BCUT2D eigenvalue weighted by Crippen LogP contribution is -2.44. The quantitative estimate of drug-likeness (QED) is 0.114. The molecule has 0 radical (unpaired) electrons. The molecule has 2 aromatic carbocycles. The maximum Gasteiger partial charge on any atom is 0.360 e. The first-order valence-electron chi connectivity index (χ1n) is 14.0. The van der Waals surface area contributed by atoms with Gasteiger partial charge in [0, 0.05) is 22.1 Å². The van der Waals surface area contributed by atoms with Gasteiger partial charge in [0.1, 0.15) is 22.8 Å². The summed E-state index contributed by atoms with van der Waals surface area (Å²) in [6.45, 7) is 15.4. The second-order valence-corrected chi connectivity index (χ2v) is 10.4. The van der Waals surface area contributed by atoms with Crippen LogP contribution in [0.15, 0.2) is 69.9 Å². The van der Waals surface area contributed by atoms with Gasteiger partial charge in [0.15, 0.2) is 0 Å². The molecule has 3 rings (SSSR count). The molecule has 0 bridgehead atoms. The molecule has 0 saturated heterocycles. The van der Waals surface area contributed by atoms with E-state index in [9.17, 15) is 14.7 Å². The predicted molar refractivity (Wildman–Crippen MR) is 163 cm³/mol. The summed E-state index contributed by atoms with van der Waals surface area (Å²) in [5, 5.41) is 17.1. The van der Waals surface area contributed by atoms with Crippen molar-refractivity contribution in [2.24, 2.45) is 0 Å². The summed E-state index contributed by atoms with van der Waals surface area (Å²) in [6.07, 6.45) is 8.27. The van der Waals surface area contributed by atoms with Crippen molar-refractivity contribution in [1.29, 1.82) is 0 Å². The first-order chi connectivity index (χ1) is 19.1. The number of carbonyl (C=O) groups is 1. The van der Waals surface area contributed by atoms with Gasteiger partial charge >= 0.3 is 5.63 Å². The highest BCUT2D eigenvalue weighted by Crippen LogP contribution is 2.28. The van der Waals surface area contributed by atoms with Crippen LogP contribution in [0.5, 0.6) is 11.5 Å². The molecule has 1 amide bonds. The molecule has 1 aromatic heterocycles. The van der Waals surface area contributed by atoms with Crippen molar-refractivity contribution in [2.75, 3.05) is 18.5 Å². The summed E-state index contributed by atoms with van der Waals surface area (Å²) < 4.78 is 11.6. The molecule has 0 aliphatic heterocycles. The zero-order valence-electron chi connectivity index (χ0n) is 24.4. The van der Waals surface area contributed by atoms with Gasteiger partial charge in [0.05, 0.1) is 6.61 Å². The first-order valence-corrected chi connectivity index (χ1v) is 14.0. The number of phenols is 1. The fraction of sp³-hybridized carbons (Fsp3) is 0.394. The van der Waals surface area contributed by atoms with E-state index in [0.717, 1.165) is 43.4 Å². The lowest BCUT2D eigenvalue weighted by Gasteiger charge is -2.32. The number of fused-ring (bicyclic) bond motifs is 1. The lowest BCUT2D eigenvalue weighted by molar-refractivity contribution is 0.102. The molecule has 0 fully saturated rings. The number of aryl methyl sites for hydroxylation is 1. The number of anilines is 1. The lowest BCUT2D eigenvalue weighted by atomic mass is 9.89. The Morgan fingerprint density at radius 3 is 2.58 bits per heavy atom. The number of carbonyl (C=O) groups excluding carboxylic acids is 1. The van der Waals surface area contributed by atoms with Crippen LogP contribution in [0.25, 0.3) is 11.0 Å². The van der Waals surface area contributed by atoms with E-state index in [1.807, 2.05) is 45.1 Å². The molecule has 214 valence electrons. The van der Waals surface area contributed by atoms with Crippen molar-refractivity contribution >= 4 is 22.6 Å². The minimum Gasteiger partial charge on any atom is -0.508 e. The molecule has 0 aliphatic carbocycles. The fourth-order valence-electron chi connectivity index (χ4n) is 4.69. The summed E-state index contributed by atoms with van der Waals surface area (Å²) in [5.41, 5.74) is 2.71. The molecule has 40 heavy (non-hydrogen) atoms. The minimum absolute atomic E-state index is 0.0467. The standard InChI is InChI=1S/C33H42N2O5/c1-7-17-33(8-2,9-3)34-18-10-19-39-29-16-14-25-21-27(32(38)40-30(25)23(29)6)35-31(37)26-13-15-28(36)24(20-26)12-11-22(4)5/h7,11,13-16,20-21,34,36H,1,8-10,12,17-19H2,2-6H3,(H,35,37). The highest BCUT2D eigenvalue weighted by atomic mass is 16.5. The smallest absolute Gasteiger partial charge is 0.360 e. The van der Waals surface area contributed by atoms with E-state index < -0.39 is 11.5 Å². The van der Waals surface area contributed by atoms with Crippen LogP contribution in [0.4, 0.5) is 5.69 Å². The second-order valence-electron chi connectivity index (χ2n) is 10.4. The van der Waals surface area contributed by atoms with E-state index in [0.29, 0.717) is 40.9 Å². The van der Waals surface area contributed by atoms with Gasteiger partial charge < -0.3 is 24.9 Å². The van der Waals surface area contributed by atoms with E-state index in [-0.39, 0.29) is 17.0 Å². The van der Waals surface area contributed by atoms with Gasteiger partial charge in [-0.1, -0.05) is 31.6 Å². The maximum atomic E-state index is 12.9. The van der Waals surface area contributed by atoms with E-state index in [2.05, 4.69) is 31.1 Å². The summed E-state index contributed by atoms with van der Waals surface area (Å²) in [7, 11) is 0. The molecule has 1 heterocycles. The van der Waals surface area contributed by atoms with E-state index in [1.165, 1.54) is 12.1 Å². The number of ether oxygens (including phenoxy) is 1. The molecule has 7 heteroatoms. The van der Waals surface area contributed by atoms with Crippen molar-refractivity contribution in [2.45, 2.75) is 72.3 Å². The molecular formula is C33H42N2O5. The summed E-state index contributed by atoms with van der Waals surface area (Å²) in [4.78, 5) is 25.7. The SMILES string of the molecule is C=CCC(CC)(CC)NCCCOc1ccc2cc(NC(=O)c3ccc(O)c(CC=C(C)C)c3)c(=O)oc2c1C. The van der Waals surface area contributed by atoms with Gasteiger partial charge in [0.25, 0.3) is 5.91 Å². The summed E-state index contributed by atoms with van der Waals surface area (Å²) >= 11 is 0. The second kappa shape index (κ2) is 14.0. The van der Waals surface area contributed by atoms with Crippen LogP contribution < -0.4 is 21.0 Å². The normalized spacial score (nSPS) is 11.3. The molecule has 0 saturated carbocycles. The van der Waals surface area contributed by atoms with E-state index in [4.69, 9.17) is 9.15 Å². The molecule has 7 nitrogen and oxygen atoms in total. The Kier molecular flexibility index (Phi) is 10.7. The van der Waals surface area contributed by atoms with E-state index in [1.54, 1.807) is 12.1 Å². The minimum atomic E-state index is -0.647. The average Bonchev–Trinajstić information content (AvgIpc) is 2.93. The summed E-state index contributed by atoms with van der Waals surface area (Å²) in [6, 6.07) is 9.91. The third-order valence-corrected chi connectivity index (χ3v) is 7.39. The number of phenolic OH excluding ortho intramolecular Hbond substituents is 1. The number of benzene rings is 2. The van der Waals surface area contributed by atoms with E-state index >= 15 is 0 Å². The van der Waals surface area contributed by atoms with Crippen LogP contribution in [0.2, 0.25) is 0 Å². The van der Waals surface area contributed by atoms with Gasteiger partial charge in [-0.2, -0.15) is 0 Å². The van der Waals surface area contributed by atoms with Gasteiger partial charge in [-0.05, 0) is 101 Å². The number of hydrogen-bond acceptors (Lipinski definition) is 6. The van der Waals surface area contributed by atoms with Crippen LogP contribution in [-0.4, -0.2) is 29.7 Å². The van der Waals surface area contributed by atoms with Crippen LogP contribution in [0, 0.1) is 6.92 Å². The Hall–Kier alpha value is -3.84. The Balaban J connectivity index is 1.69. The zero-order valence-corrected chi connectivity index (χ0v) is 24.4. The molecule has 0 spiro atoms. The first kappa shape index (κ1) is 30.7. The van der Waals surface area contributed by atoms with Crippen LogP contribution in [0.3, 0.4) is 0 Å². The van der Waals surface area contributed by atoms with Gasteiger partial charge in [-0.3, -0.25) is 4.79 Å². The number of amides is 1.